The van der Waals surface area contributed by atoms with Gasteiger partial charge in [0.05, 0.1) is 25.6 Å². The van der Waals surface area contributed by atoms with Crippen LogP contribution in [-0.2, 0) is 33.7 Å². The van der Waals surface area contributed by atoms with Gasteiger partial charge in [0.2, 0.25) is 0 Å². The van der Waals surface area contributed by atoms with Crippen LogP contribution in [0.25, 0.3) is 0 Å². The summed E-state index contributed by atoms with van der Waals surface area (Å²) in [6, 6.07) is 0. The predicted octanol–water partition coefficient (Wildman–Crippen LogP) is -2.64. The summed E-state index contributed by atoms with van der Waals surface area (Å²) in [5.74, 6) is -2.97. The predicted molar refractivity (Wildman–Crippen MR) is 137 cm³/mol. The van der Waals surface area contributed by atoms with Gasteiger partial charge >= 0.3 is 87.4 Å². The number of hydrogen-bond acceptors (Lipinski definition) is 10. The first-order valence-corrected chi connectivity index (χ1v) is 14.0. The largest absolute Gasteiger partial charge is 1.00 e. The van der Waals surface area contributed by atoms with Crippen molar-refractivity contribution in [3.8, 4) is 0 Å². The summed E-state index contributed by atoms with van der Waals surface area (Å²) in [5, 5.41) is 17.6. The van der Waals surface area contributed by atoms with E-state index in [1.54, 1.807) is 0 Å². The van der Waals surface area contributed by atoms with Crippen LogP contribution in [0.1, 0.15) is 106 Å². The number of esters is 2. The van der Waals surface area contributed by atoms with Crippen LogP contribution in [0.5, 0.6) is 0 Å². The average Bonchev–Trinajstić information content (AvgIpc) is 2.80. The minimum atomic E-state index is -4.91. The van der Waals surface area contributed by atoms with E-state index in [4.69, 9.17) is 15.4 Å². The third-order valence-electron chi connectivity index (χ3n) is 4.81. The van der Waals surface area contributed by atoms with Crippen LogP contribution in [0.3, 0.4) is 0 Å². The number of unbranched alkanes of at least 4 members (excludes halogenated alkanes) is 8. The van der Waals surface area contributed by atoms with E-state index < -0.39 is 41.1 Å². The van der Waals surface area contributed by atoms with E-state index in [1.807, 2.05) is 6.08 Å². The maximum atomic E-state index is 11.6. The van der Waals surface area contributed by atoms with Crippen LogP contribution in [0.2, 0.25) is 0 Å². The molecule has 0 aliphatic rings. The molecule has 0 spiro atoms. The summed E-state index contributed by atoms with van der Waals surface area (Å²) in [6.45, 7) is 2.64. The van der Waals surface area contributed by atoms with Crippen LogP contribution >= 0.6 is 0 Å². The van der Waals surface area contributed by atoms with Gasteiger partial charge in [-0.3, -0.25) is 18.9 Å². The van der Waals surface area contributed by atoms with E-state index in [1.165, 1.54) is 19.3 Å². The molecule has 0 aromatic carbocycles. The van der Waals surface area contributed by atoms with E-state index in [0.29, 0.717) is 19.4 Å². The fourth-order valence-corrected chi connectivity index (χ4v) is 3.27. The van der Waals surface area contributed by atoms with Crippen molar-refractivity contribution in [3.05, 3.63) is 12.2 Å². The molecule has 0 rings (SSSR count). The van der Waals surface area contributed by atoms with Crippen molar-refractivity contribution in [2.75, 3.05) is 13.2 Å². The second-order valence-corrected chi connectivity index (χ2v) is 9.28. The van der Waals surface area contributed by atoms with Gasteiger partial charge < -0.3 is 27.7 Å². The normalized spacial score (nSPS) is 11.4. The van der Waals surface area contributed by atoms with Gasteiger partial charge in [0, 0.05) is 13.0 Å². The molecule has 216 valence electrons. The van der Waals surface area contributed by atoms with Crippen molar-refractivity contribution in [1.29, 1.82) is 0 Å². The molecule has 11 nitrogen and oxygen atoms in total. The maximum absolute atomic E-state index is 11.6. The summed E-state index contributed by atoms with van der Waals surface area (Å²) < 4.78 is 37.1. The van der Waals surface area contributed by atoms with E-state index in [9.17, 15) is 27.9 Å². The average molecular weight is 588 g/mol. The van der Waals surface area contributed by atoms with Gasteiger partial charge in [-0.2, -0.15) is 8.42 Å². The van der Waals surface area contributed by atoms with Crippen molar-refractivity contribution < 1.29 is 108 Å². The van der Waals surface area contributed by atoms with Gasteiger partial charge in [-0.1, -0.05) is 64.0 Å². The molecule has 0 aromatic heterocycles. The minimum absolute atomic E-state index is 0. The number of nitrogens with two attached hydrogens (primary N) is 1. The Morgan fingerprint density at radius 2 is 1.39 bits per heavy atom. The van der Waals surface area contributed by atoms with Crippen LogP contribution in [0.15, 0.2) is 12.2 Å². The van der Waals surface area contributed by atoms with Crippen molar-refractivity contribution in [3.63, 3.8) is 0 Å². The number of aliphatic hydroxyl groups excluding tert-OH is 2. The number of rotatable bonds is 20. The Balaban J connectivity index is -0.000000336. The number of allylic oxidation sites excluding steroid dienone is 1. The van der Waals surface area contributed by atoms with Crippen LogP contribution in [-0.4, -0.2) is 60.3 Å². The first-order valence-electron chi connectivity index (χ1n) is 12.6. The van der Waals surface area contributed by atoms with Gasteiger partial charge in [-0.05, 0) is 32.1 Å². The molecule has 0 aromatic rings. The number of carbonyl (C=O) groups excluding carboxylic acids is 3. The smallest absolute Gasteiger partial charge is 1.00 e. The molecule has 1 atom stereocenters. The van der Waals surface area contributed by atoms with E-state index in [0.717, 1.165) is 44.9 Å². The molecule has 5 N–H and O–H groups in total. The molecule has 0 unspecified atom stereocenters. The van der Waals surface area contributed by atoms with Crippen LogP contribution in [0, 0.1) is 0 Å². The summed E-state index contributed by atoms with van der Waals surface area (Å²) in [4.78, 5) is 34.0. The number of carbonyl (C=O) groups is 3. The van der Waals surface area contributed by atoms with Gasteiger partial charge in [-0.25, -0.2) is 0 Å². The molecule has 0 fully saturated rings. The van der Waals surface area contributed by atoms with E-state index in [2.05, 4.69) is 21.9 Å². The monoisotopic (exact) mass is 587 g/mol. The molecule has 38 heavy (non-hydrogen) atoms. The molecule has 14 heteroatoms. The van der Waals surface area contributed by atoms with E-state index >= 15 is 0 Å². The maximum Gasteiger partial charge on any atom is 1.00 e. The summed E-state index contributed by atoms with van der Waals surface area (Å²) in [5.41, 5.74) is 4.78. The SMILES string of the molecule is CCCCCC[C@@H](O)C/C=C\CCCCCCCC(=O)OC(=O)CCC(=O)OS(=O)(=O)O.NCCO.[H-].[H-].[Na+].[Na+]. The topological polar surface area (TPSA) is 191 Å². The Hall–Kier alpha value is 0.140. The van der Waals surface area contributed by atoms with Gasteiger partial charge in [-0.15, -0.1) is 0 Å². The Kier molecular flexibility index (Phi) is 37.6. The third-order valence-corrected chi connectivity index (χ3v) is 5.20. The Morgan fingerprint density at radius 1 is 0.868 bits per heavy atom. The molecule has 0 saturated carbocycles. The van der Waals surface area contributed by atoms with Gasteiger partial charge in [0.25, 0.3) is 0 Å². The van der Waals surface area contributed by atoms with Crippen molar-refractivity contribution in [1.82, 2.24) is 0 Å². The first kappa shape index (κ1) is 45.1. The quantitative estimate of drug-likeness (QED) is 0.0291. The summed E-state index contributed by atoms with van der Waals surface area (Å²) >= 11 is 0. The molecule has 0 aliphatic heterocycles. The fraction of sp³-hybridized carbons (Fsp3) is 0.792. The molecule has 0 radical (unpaired) electrons. The minimum Gasteiger partial charge on any atom is -1.00 e. The molecule has 0 bridgehead atoms. The van der Waals surface area contributed by atoms with Crippen LogP contribution < -0.4 is 64.8 Å². The van der Waals surface area contributed by atoms with Crippen molar-refractivity contribution in [2.45, 2.75) is 109 Å². The fourth-order valence-electron chi connectivity index (χ4n) is 2.95. The summed E-state index contributed by atoms with van der Waals surface area (Å²) in [7, 11) is -4.91. The number of ether oxygens (including phenoxy) is 1. The number of hydrogen-bond donors (Lipinski definition) is 4. The van der Waals surface area contributed by atoms with Crippen molar-refractivity contribution in [2.24, 2.45) is 5.73 Å². The summed E-state index contributed by atoms with van der Waals surface area (Å²) in [6.07, 6.45) is 14.4. The van der Waals surface area contributed by atoms with Crippen molar-refractivity contribution >= 4 is 28.3 Å². The van der Waals surface area contributed by atoms with E-state index in [-0.39, 0.29) is 81.1 Å². The molecule has 0 aliphatic carbocycles. The Bertz CT molecular complexity index is 730. The molecule has 0 saturated heterocycles. The number of aliphatic hydroxyl groups is 2. The zero-order valence-corrected chi connectivity index (χ0v) is 28.3. The third kappa shape index (κ3) is 38.3. The zero-order chi connectivity index (χ0) is 27.7. The van der Waals surface area contributed by atoms with Crippen LogP contribution in [0.4, 0.5) is 0 Å². The Labute approximate surface area is 275 Å². The molecular formula is C24H47NNa2O10S. The van der Waals surface area contributed by atoms with Gasteiger partial charge in [0.1, 0.15) is 0 Å². The molecule has 0 amide bonds. The molecular weight excluding hydrogens is 540 g/mol. The Morgan fingerprint density at radius 3 is 1.97 bits per heavy atom. The second-order valence-electron chi connectivity index (χ2n) is 8.26. The zero-order valence-electron chi connectivity index (χ0n) is 25.4. The second kappa shape index (κ2) is 31.7. The van der Waals surface area contributed by atoms with Gasteiger partial charge in [0.15, 0.2) is 0 Å². The first-order chi connectivity index (χ1) is 17.1. The standard InChI is InChI=1S/C22H38O9S.C2H7NO.2Na.2H/c1-2-3-4-11-14-19(23)15-12-9-7-5-6-8-10-13-16-20(24)30-21(25)17-18-22(26)31-32(27,28)29;3-1-2-4;;;;/h9,12,19,23H,2-8,10-11,13-18H2,1H3,(H,27,28,29);4H,1-3H2;;;;/q;;2*+1;2*-1/b12-9-;;;;;/t19-;;;;;/m1...../s1. The molecule has 0 heterocycles.